The average Bonchev–Trinajstić information content (AvgIpc) is 3.47. The van der Waals surface area contributed by atoms with Gasteiger partial charge in [-0.15, -0.1) is 0 Å². The molecule has 11 heteroatoms. The summed E-state index contributed by atoms with van der Waals surface area (Å²) in [4.78, 5) is 21.6. The first-order valence-corrected chi connectivity index (χ1v) is 15.5. The Morgan fingerprint density at radius 2 is 1.93 bits per heavy atom. The average molecular weight is 619 g/mol. The molecule has 1 aliphatic carbocycles. The Balaban J connectivity index is 1.05. The van der Waals surface area contributed by atoms with Crippen molar-refractivity contribution < 1.29 is 28.5 Å². The van der Waals surface area contributed by atoms with Crippen molar-refractivity contribution in [3.8, 4) is 11.5 Å². The molecule has 3 aliphatic heterocycles. The van der Waals surface area contributed by atoms with Crippen LogP contribution in [0.1, 0.15) is 47.9 Å². The molecule has 4 atom stereocenters. The highest BCUT2D eigenvalue weighted by Gasteiger charge is 2.47. The van der Waals surface area contributed by atoms with Crippen molar-refractivity contribution in [3.05, 3.63) is 82.4 Å². The molecule has 4 heterocycles. The van der Waals surface area contributed by atoms with Crippen LogP contribution in [0.2, 0.25) is 5.02 Å². The standard InChI is InChI=1S/C33H32ClFN4O5/c1-33(22-7-6-20(34)16-23(22)35)43-29-4-2-3-27(31(29)44-33)38-13-12-37(25-9-10-26(25)38)18-30-36-24-8-5-19(32(40)41)15-28(24)39(30)17-21-11-14-42-21/h2-8,15-16,21,25-26H,9-14,17-18H2,1H3,(H,40,41)/t21-,25-,26-,33-/m0/s1. The highest BCUT2D eigenvalue weighted by atomic mass is 35.5. The summed E-state index contributed by atoms with van der Waals surface area (Å²) < 4.78 is 35.5. The van der Waals surface area contributed by atoms with Gasteiger partial charge in [-0.05, 0) is 67.8 Å². The first-order valence-electron chi connectivity index (χ1n) is 15.1. The van der Waals surface area contributed by atoms with E-state index in [0.29, 0.717) is 41.2 Å². The van der Waals surface area contributed by atoms with Gasteiger partial charge < -0.3 is 28.8 Å². The number of halogens is 2. The number of carbonyl (C=O) groups is 1. The Morgan fingerprint density at radius 1 is 1.09 bits per heavy atom. The molecule has 1 N–H and O–H groups in total. The van der Waals surface area contributed by atoms with E-state index in [0.717, 1.165) is 61.5 Å². The third-order valence-electron chi connectivity index (χ3n) is 9.59. The van der Waals surface area contributed by atoms with E-state index in [4.69, 9.17) is 30.8 Å². The van der Waals surface area contributed by atoms with Crippen molar-refractivity contribution in [2.24, 2.45) is 0 Å². The molecule has 8 rings (SSSR count). The van der Waals surface area contributed by atoms with Crippen LogP contribution >= 0.6 is 11.6 Å². The lowest BCUT2D eigenvalue weighted by Crippen LogP contribution is -2.64. The number of fused-ring (bicyclic) bond motifs is 3. The quantitative estimate of drug-likeness (QED) is 0.278. The number of imidazole rings is 1. The molecule has 44 heavy (non-hydrogen) atoms. The Labute approximate surface area is 258 Å². The number of piperazine rings is 1. The van der Waals surface area contributed by atoms with Gasteiger partial charge in [0.1, 0.15) is 11.6 Å². The number of ether oxygens (including phenoxy) is 3. The number of carboxylic acids is 1. The lowest BCUT2D eigenvalue weighted by Gasteiger charge is -2.54. The Bertz CT molecular complexity index is 1790. The Hall–Kier alpha value is -3.86. The van der Waals surface area contributed by atoms with E-state index in [1.165, 1.54) is 6.07 Å². The molecule has 0 radical (unpaired) electrons. The van der Waals surface area contributed by atoms with E-state index in [1.54, 1.807) is 37.3 Å². The molecule has 4 aliphatic rings. The lowest BCUT2D eigenvalue weighted by molar-refractivity contribution is -0.0706. The van der Waals surface area contributed by atoms with Crippen LogP contribution in [-0.2, 0) is 23.6 Å². The van der Waals surface area contributed by atoms with Crippen molar-refractivity contribution in [2.45, 2.75) is 63.3 Å². The van der Waals surface area contributed by atoms with Gasteiger partial charge in [0.15, 0.2) is 11.5 Å². The molecule has 0 amide bonds. The molecule has 3 aromatic carbocycles. The third kappa shape index (κ3) is 4.50. The second-order valence-corrected chi connectivity index (χ2v) is 12.6. The van der Waals surface area contributed by atoms with Crippen LogP contribution in [0.15, 0.2) is 54.6 Å². The number of aromatic carboxylic acids is 1. The number of benzene rings is 3. The van der Waals surface area contributed by atoms with Crippen molar-refractivity contribution in [1.82, 2.24) is 14.5 Å². The normalized spacial score (nSPS) is 25.9. The van der Waals surface area contributed by atoms with Crippen LogP contribution in [0.4, 0.5) is 10.1 Å². The largest absolute Gasteiger partial charge is 0.478 e. The fourth-order valence-corrected chi connectivity index (χ4v) is 7.23. The first-order chi connectivity index (χ1) is 21.3. The monoisotopic (exact) mass is 618 g/mol. The van der Waals surface area contributed by atoms with Gasteiger partial charge in [-0.1, -0.05) is 17.7 Å². The first kappa shape index (κ1) is 27.7. The molecule has 2 saturated heterocycles. The van der Waals surface area contributed by atoms with E-state index < -0.39 is 17.6 Å². The number of para-hydroxylation sites is 1. The van der Waals surface area contributed by atoms with Crippen LogP contribution in [0, 0.1) is 5.82 Å². The molecule has 0 spiro atoms. The van der Waals surface area contributed by atoms with Crippen LogP contribution in [0.3, 0.4) is 0 Å². The predicted molar refractivity (Wildman–Crippen MR) is 162 cm³/mol. The second kappa shape index (κ2) is 10.4. The molecule has 4 aromatic rings. The lowest BCUT2D eigenvalue weighted by atomic mass is 9.81. The Kier molecular flexibility index (Phi) is 6.51. The minimum atomic E-state index is -1.31. The molecule has 3 fully saturated rings. The topological polar surface area (TPSA) is 89.3 Å². The van der Waals surface area contributed by atoms with Gasteiger partial charge in [-0.25, -0.2) is 14.2 Å². The summed E-state index contributed by atoms with van der Waals surface area (Å²) in [7, 11) is 0. The molecule has 228 valence electrons. The zero-order valence-corrected chi connectivity index (χ0v) is 25.0. The number of hydrogen-bond donors (Lipinski definition) is 1. The zero-order valence-electron chi connectivity index (χ0n) is 24.2. The van der Waals surface area contributed by atoms with E-state index in [9.17, 15) is 14.3 Å². The third-order valence-corrected chi connectivity index (χ3v) is 9.82. The van der Waals surface area contributed by atoms with Crippen molar-refractivity contribution in [1.29, 1.82) is 0 Å². The van der Waals surface area contributed by atoms with Crippen molar-refractivity contribution in [3.63, 3.8) is 0 Å². The molecular formula is C33H32ClFN4O5. The summed E-state index contributed by atoms with van der Waals surface area (Å²) in [5, 5.41) is 9.91. The molecule has 9 nitrogen and oxygen atoms in total. The van der Waals surface area contributed by atoms with Gasteiger partial charge in [0.05, 0.1) is 47.0 Å². The summed E-state index contributed by atoms with van der Waals surface area (Å²) in [6, 6.07) is 16.1. The molecule has 0 unspecified atom stereocenters. The summed E-state index contributed by atoms with van der Waals surface area (Å²) in [5.41, 5.74) is 3.12. The van der Waals surface area contributed by atoms with E-state index >= 15 is 0 Å². The van der Waals surface area contributed by atoms with Crippen LogP contribution < -0.4 is 14.4 Å². The number of nitrogens with zero attached hydrogens (tertiary/aromatic N) is 4. The highest BCUT2D eigenvalue weighted by Crippen LogP contribution is 2.51. The number of carboxylic acid groups (broad SMARTS) is 1. The van der Waals surface area contributed by atoms with Gasteiger partial charge in [-0.2, -0.15) is 0 Å². The summed E-state index contributed by atoms with van der Waals surface area (Å²) in [6.45, 7) is 5.40. The van der Waals surface area contributed by atoms with E-state index in [2.05, 4.69) is 20.4 Å². The number of rotatable bonds is 7. The molecule has 0 bridgehead atoms. The number of aromatic nitrogens is 2. The van der Waals surface area contributed by atoms with Crippen molar-refractivity contribution >= 4 is 34.3 Å². The van der Waals surface area contributed by atoms with Gasteiger partial charge in [-0.3, -0.25) is 4.90 Å². The van der Waals surface area contributed by atoms with Crippen LogP contribution in [-0.4, -0.2) is 63.4 Å². The maximum Gasteiger partial charge on any atom is 0.335 e. The fourth-order valence-electron chi connectivity index (χ4n) is 7.07. The van der Waals surface area contributed by atoms with Gasteiger partial charge in [0.25, 0.3) is 5.79 Å². The zero-order chi connectivity index (χ0) is 30.2. The Morgan fingerprint density at radius 3 is 2.66 bits per heavy atom. The van der Waals surface area contributed by atoms with Gasteiger partial charge in [0.2, 0.25) is 0 Å². The van der Waals surface area contributed by atoms with Gasteiger partial charge >= 0.3 is 5.97 Å². The van der Waals surface area contributed by atoms with Crippen molar-refractivity contribution in [2.75, 3.05) is 24.6 Å². The smallest absolute Gasteiger partial charge is 0.335 e. The second-order valence-electron chi connectivity index (χ2n) is 12.2. The number of hydrogen-bond acceptors (Lipinski definition) is 7. The maximum atomic E-state index is 14.9. The highest BCUT2D eigenvalue weighted by molar-refractivity contribution is 6.30. The SMILES string of the molecule is C[C@]1(c2ccc(Cl)cc2F)Oc2cccc(N3CCN(Cc4nc5ccc(C(=O)O)cc5n4C[C@@H]4CCO4)[C@H]4CC[C@@H]43)c2O1. The summed E-state index contributed by atoms with van der Waals surface area (Å²) >= 11 is 6.00. The van der Waals surface area contributed by atoms with Crippen LogP contribution in [0.5, 0.6) is 11.5 Å². The molecule has 1 saturated carbocycles. The minimum absolute atomic E-state index is 0.113. The van der Waals surface area contributed by atoms with Gasteiger partial charge in [0, 0.05) is 43.7 Å². The molecular weight excluding hydrogens is 587 g/mol. The summed E-state index contributed by atoms with van der Waals surface area (Å²) in [6.07, 6.45) is 3.21. The minimum Gasteiger partial charge on any atom is -0.478 e. The van der Waals surface area contributed by atoms with E-state index in [-0.39, 0.29) is 17.7 Å². The van der Waals surface area contributed by atoms with E-state index in [1.807, 2.05) is 12.1 Å². The fraction of sp³-hybridized carbons (Fsp3) is 0.394. The summed E-state index contributed by atoms with van der Waals surface area (Å²) in [5.74, 6) is -0.593. The predicted octanol–water partition coefficient (Wildman–Crippen LogP) is 5.81. The van der Waals surface area contributed by atoms with Crippen LogP contribution in [0.25, 0.3) is 11.0 Å². The molecule has 1 aromatic heterocycles. The number of anilines is 1. The maximum absolute atomic E-state index is 14.9.